The molecule has 0 aliphatic heterocycles. The zero-order valence-electron chi connectivity index (χ0n) is 10.4. The number of carbonyl (C=O) groups excluding carboxylic acids is 1. The fourth-order valence-electron chi connectivity index (χ4n) is 1.71. The van der Waals surface area contributed by atoms with Gasteiger partial charge in [-0.3, -0.25) is 4.79 Å². The maximum atomic E-state index is 13.5. The molecule has 1 aromatic rings. The number of carbonyl (C=O) groups is 1. The molecule has 0 radical (unpaired) electrons. The normalized spacial score (nSPS) is 10.1. The molecule has 2 nitrogen and oxygen atoms in total. The van der Waals surface area contributed by atoms with Crippen molar-refractivity contribution < 1.29 is 9.18 Å². The van der Waals surface area contributed by atoms with Gasteiger partial charge in [-0.05, 0) is 37.1 Å². The minimum Gasteiger partial charge on any atom is -0.343 e. The van der Waals surface area contributed by atoms with Gasteiger partial charge in [0, 0.05) is 13.1 Å². The van der Waals surface area contributed by atoms with E-state index in [1.807, 2.05) is 13.8 Å². The number of hydrogen-bond donors (Lipinski definition) is 0. The van der Waals surface area contributed by atoms with Crippen LogP contribution >= 0.6 is 0 Å². The molecule has 0 heterocycles. The minimum atomic E-state index is -0.337. The van der Waals surface area contributed by atoms with Gasteiger partial charge in [-0.25, -0.2) is 4.39 Å². The lowest BCUT2D eigenvalue weighted by Crippen LogP contribution is -2.32. The highest BCUT2D eigenvalue weighted by atomic mass is 19.1. The molecule has 1 amide bonds. The van der Waals surface area contributed by atoms with Gasteiger partial charge in [-0.2, -0.15) is 0 Å². The molecule has 3 heteroatoms. The smallest absolute Gasteiger partial charge is 0.227 e. The third kappa shape index (κ3) is 3.41. The number of benzene rings is 1. The van der Waals surface area contributed by atoms with E-state index in [9.17, 15) is 9.18 Å². The van der Waals surface area contributed by atoms with Crippen LogP contribution in [0.4, 0.5) is 4.39 Å². The second kappa shape index (κ2) is 6.18. The summed E-state index contributed by atoms with van der Waals surface area (Å²) in [4.78, 5) is 13.6. The van der Waals surface area contributed by atoms with E-state index in [1.54, 1.807) is 23.1 Å². The molecule has 1 aromatic carbocycles. The summed E-state index contributed by atoms with van der Waals surface area (Å²) in [5.74, 6) is -0.383. The first-order chi connectivity index (χ1) is 8.12. The van der Waals surface area contributed by atoms with Crippen LogP contribution in [0.15, 0.2) is 24.8 Å². The fourth-order valence-corrected chi connectivity index (χ4v) is 1.71. The molecule has 0 aliphatic rings. The van der Waals surface area contributed by atoms with Crippen LogP contribution in [-0.4, -0.2) is 23.9 Å². The third-order valence-electron chi connectivity index (χ3n) is 2.76. The predicted octanol–water partition coefficient (Wildman–Crippen LogP) is 2.88. The molecule has 0 aromatic heterocycles. The summed E-state index contributed by atoms with van der Waals surface area (Å²) in [6.45, 7) is 8.76. The quantitative estimate of drug-likeness (QED) is 0.768. The van der Waals surface area contributed by atoms with Gasteiger partial charge in [0.1, 0.15) is 5.82 Å². The summed E-state index contributed by atoms with van der Waals surface area (Å²) in [6.07, 6.45) is 1.75. The molecule has 1 rings (SSSR count). The number of nitrogens with zero attached hydrogens (tertiary/aromatic N) is 1. The first-order valence-electron chi connectivity index (χ1n) is 5.81. The molecule has 92 valence electrons. The summed E-state index contributed by atoms with van der Waals surface area (Å²) < 4.78 is 13.5. The predicted molar refractivity (Wildman–Crippen MR) is 68.1 cm³/mol. The first kappa shape index (κ1) is 13.4. The molecule has 17 heavy (non-hydrogen) atoms. The minimum absolute atomic E-state index is 0.0462. The average molecular weight is 235 g/mol. The van der Waals surface area contributed by atoms with Crippen LogP contribution in [0.1, 0.15) is 25.0 Å². The van der Waals surface area contributed by atoms with Gasteiger partial charge in [-0.1, -0.05) is 18.7 Å². The zero-order valence-corrected chi connectivity index (χ0v) is 10.4. The summed E-state index contributed by atoms with van der Waals surface area (Å²) in [6, 6.07) is 4.69. The molecule has 0 unspecified atom stereocenters. The monoisotopic (exact) mass is 235 g/mol. The molecule has 0 fully saturated rings. The van der Waals surface area contributed by atoms with Gasteiger partial charge in [0.25, 0.3) is 0 Å². The molecule has 0 atom stereocenters. The molecule has 0 spiro atoms. The number of hydrogen-bond acceptors (Lipinski definition) is 1. The second-order valence-electron chi connectivity index (χ2n) is 3.80. The number of amides is 1. The van der Waals surface area contributed by atoms with Crippen LogP contribution in [0.5, 0.6) is 0 Å². The standard InChI is InChI=1S/C14H18FNO/c1-4-11-7-8-13(15)12(9-11)10-14(17)16(5-2)6-3/h4,7-9H,1,5-6,10H2,2-3H3. The van der Waals surface area contributed by atoms with Crippen molar-refractivity contribution in [2.45, 2.75) is 20.3 Å². The summed E-state index contributed by atoms with van der Waals surface area (Å²) in [7, 11) is 0. The van der Waals surface area contributed by atoms with Gasteiger partial charge in [0.2, 0.25) is 5.91 Å². The lowest BCUT2D eigenvalue weighted by atomic mass is 10.1. The highest BCUT2D eigenvalue weighted by Gasteiger charge is 2.13. The summed E-state index contributed by atoms with van der Waals surface area (Å²) in [5, 5.41) is 0. The van der Waals surface area contributed by atoms with Crippen LogP contribution in [0, 0.1) is 5.82 Å². The van der Waals surface area contributed by atoms with Crippen LogP contribution in [0.25, 0.3) is 6.08 Å². The summed E-state index contributed by atoms with van der Waals surface area (Å²) >= 11 is 0. The fraction of sp³-hybridized carbons (Fsp3) is 0.357. The van der Waals surface area contributed by atoms with Crippen LogP contribution in [0.2, 0.25) is 0 Å². The maximum absolute atomic E-state index is 13.5. The molecular weight excluding hydrogens is 217 g/mol. The SMILES string of the molecule is C=Cc1ccc(F)c(CC(=O)N(CC)CC)c1. The van der Waals surface area contributed by atoms with Gasteiger partial charge in [-0.15, -0.1) is 0 Å². The topological polar surface area (TPSA) is 20.3 Å². The Labute approximate surface area is 102 Å². The van der Waals surface area contributed by atoms with Crippen molar-refractivity contribution in [2.24, 2.45) is 0 Å². The van der Waals surface area contributed by atoms with Gasteiger partial charge in [0.05, 0.1) is 6.42 Å². The van der Waals surface area contributed by atoms with Crippen molar-refractivity contribution in [3.63, 3.8) is 0 Å². The Morgan fingerprint density at radius 2 is 2.06 bits per heavy atom. The maximum Gasteiger partial charge on any atom is 0.227 e. The van der Waals surface area contributed by atoms with Crippen LogP contribution < -0.4 is 0 Å². The Morgan fingerprint density at radius 3 is 2.59 bits per heavy atom. The Bertz CT molecular complexity index is 411. The van der Waals surface area contributed by atoms with Crippen molar-refractivity contribution in [3.05, 3.63) is 41.7 Å². The van der Waals surface area contributed by atoms with Gasteiger partial charge < -0.3 is 4.90 Å². The lowest BCUT2D eigenvalue weighted by Gasteiger charge is -2.18. The highest BCUT2D eigenvalue weighted by molar-refractivity contribution is 5.79. The van der Waals surface area contributed by atoms with E-state index in [0.717, 1.165) is 5.56 Å². The largest absolute Gasteiger partial charge is 0.343 e. The van der Waals surface area contributed by atoms with Crippen LogP contribution in [0.3, 0.4) is 0 Å². The van der Waals surface area contributed by atoms with E-state index < -0.39 is 0 Å². The van der Waals surface area contributed by atoms with E-state index >= 15 is 0 Å². The van der Waals surface area contributed by atoms with Crippen molar-refractivity contribution in [2.75, 3.05) is 13.1 Å². The molecule has 0 N–H and O–H groups in total. The Kier molecular flexibility index (Phi) is 4.88. The Hall–Kier alpha value is -1.64. The van der Waals surface area contributed by atoms with E-state index in [1.165, 1.54) is 6.07 Å². The molecule has 0 saturated carbocycles. The highest BCUT2D eigenvalue weighted by Crippen LogP contribution is 2.13. The van der Waals surface area contributed by atoms with Crippen molar-refractivity contribution in [1.82, 2.24) is 4.90 Å². The van der Waals surface area contributed by atoms with Crippen molar-refractivity contribution >= 4 is 12.0 Å². The molecule has 0 bridgehead atoms. The lowest BCUT2D eigenvalue weighted by molar-refractivity contribution is -0.130. The summed E-state index contributed by atoms with van der Waals surface area (Å²) in [5.41, 5.74) is 1.26. The van der Waals surface area contributed by atoms with Gasteiger partial charge in [0.15, 0.2) is 0 Å². The number of likely N-dealkylation sites (N-methyl/N-ethyl adjacent to an activating group) is 1. The first-order valence-corrected chi connectivity index (χ1v) is 5.81. The molecular formula is C14H18FNO. The van der Waals surface area contributed by atoms with Crippen LogP contribution in [-0.2, 0) is 11.2 Å². The van der Waals surface area contributed by atoms with E-state index in [0.29, 0.717) is 18.7 Å². The van der Waals surface area contributed by atoms with Crippen molar-refractivity contribution in [1.29, 1.82) is 0 Å². The second-order valence-corrected chi connectivity index (χ2v) is 3.80. The third-order valence-corrected chi connectivity index (χ3v) is 2.76. The zero-order chi connectivity index (χ0) is 12.8. The Morgan fingerprint density at radius 1 is 1.41 bits per heavy atom. The van der Waals surface area contributed by atoms with Gasteiger partial charge >= 0.3 is 0 Å². The molecule has 0 saturated heterocycles. The van der Waals surface area contributed by atoms with E-state index in [2.05, 4.69) is 6.58 Å². The molecule has 0 aliphatic carbocycles. The average Bonchev–Trinajstić information content (AvgIpc) is 2.33. The number of rotatable bonds is 5. The Balaban J connectivity index is 2.87. The van der Waals surface area contributed by atoms with E-state index in [4.69, 9.17) is 0 Å². The number of halogens is 1. The van der Waals surface area contributed by atoms with Crippen molar-refractivity contribution in [3.8, 4) is 0 Å². The van der Waals surface area contributed by atoms with E-state index in [-0.39, 0.29) is 18.1 Å².